The van der Waals surface area contributed by atoms with Crippen LogP contribution in [0.4, 0.5) is 71.4 Å². The molecule has 8 rings (SSSR count). The summed E-state index contributed by atoms with van der Waals surface area (Å²) < 4.78 is 155. The van der Waals surface area contributed by atoms with Gasteiger partial charge < -0.3 is 60.5 Å². The van der Waals surface area contributed by atoms with Gasteiger partial charge in [-0.2, -0.15) is 39.5 Å². The predicted octanol–water partition coefficient (Wildman–Crippen LogP) is 20.9. The number of para-hydroxylation sites is 8. The molecule has 8 aromatic carbocycles. The molecule has 8 aromatic rings. The number of carbonyl (C=O) groups is 1. The summed E-state index contributed by atoms with van der Waals surface area (Å²) in [4.78, 5) is 20.0. The van der Waals surface area contributed by atoms with Crippen molar-refractivity contribution in [3.63, 3.8) is 0 Å². The average Bonchev–Trinajstić information content (AvgIpc) is 0.816. The first kappa shape index (κ1) is 84.6. The zero-order valence-corrected chi connectivity index (χ0v) is 61.5. The van der Waals surface area contributed by atoms with Gasteiger partial charge in [-0.05, 0) is 195 Å². The van der Waals surface area contributed by atoms with Gasteiger partial charge in [0.2, 0.25) is 0 Å². The smallest absolute Gasteiger partial charge is 0.453 e. The molecule has 0 saturated carbocycles. The molecule has 0 aliphatic carbocycles. The minimum absolute atomic E-state index is 0.181. The summed E-state index contributed by atoms with van der Waals surface area (Å²) in [6.45, 7) is 10.9. The molecule has 0 bridgehead atoms. The first-order chi connectivity index (χ1) is 47.3. The van der Waals surface area contributed by atoms with Gasteiger partial charge in [0.25, 0.3) is 12.2 Å². The second-order valence-corrected chi connectivity index (χ2v) is 26.2. The molecule has 0 atom stereocenters. The van der Waals surface area contributed by atoms with Crippen LogP contribution in [-0.2, 0) is 37.3 Å². The largest absolute Gasteiger partial charge is 0.455 e. The maximum Gasteiger partial charge on any atom is 0.453 e. The van der Waals surface area contributed by atoms with Crippen LogP contribution in [-0.4, -0.2) is 105 Å². The minimum atomic E-state index is -5.61. The molecule has 0 saturated heterocycles. The summed E-state index contributed by atoms with van der Waals surface area (Å²) >= 11 is 5.10. The average molecular weight is 1590 g/mol. The molecule has 7 N–H and O–H groups in total. The molecular formula is C75H84BrF10IN8O6. The summed E-state index contributed by atoms with van der Waals surface area (Å²) in [7, 11) is 15.3. The van der Waals surface area contributed by atoms with E-state index in [1.54, 1.807) is 117 Å². The van der Waals surface area contributed by atoms with Crippen molar-refractivity contribution < 1.29 is 72.4 Å². The molecule has 0 aliphatic heterocycles. The van der Waals surface area contributed by atoms with Crippen LogP contribution in [0.15, 0.2) is 194 Å². The Morgan fingerprint density at radius 2 is 0.812 bits per heavy atom. The number of alkyl halides is 6. The van der Waals surface area contributed by atoms with Crippen LogP contribution in [0.5, 0.6) is 46.0 Å². The van der Waals surface area contributed by atoms with Crippen molar-refractivity contribution in [2.75, 3.05) is 84.2 Å². The second-order valence-electron chi connectivity index (χ2n) is 24.4. The van der Waals surface area contributed by atoms with Crippen LogP contribution in [0.2, 0.25) is 0 Å². The third-order valence-corrected chi connectivity index (χ3v) is 14.3. The molecule has 544 valence electrons. The number of allylic oxidation sites excluding steroid dienone is 1. The lowest BCUT2D eigenvalue weighted by molar-refractivity contribution is -0.281. The van der Waals surface area contributed by atoms with Crippen LogP contribution in [0, 0.1) is 3.57 Å². The van der Waals surface area contributed by atoms with Crippen LogP contribution in [0.25, 0.3) is 12.2 Å². The standard InChI is InChI=1S/C20H25IN2O3.C18H19F5N2O.2C17H18F2N2O.C3H4BrF/c1-20(2,3)26-19(24)22-16-8-6-7-9-17(16)25-18-12-15(21)11-10-14(18)13-23(4)5;1-25(2)11-13-8-7-12(10-17(19,20)18(21,22)23)9-16(13)26-15-6-4-3-5-14(15)24;2*1-21(2)11-13-8-7-12(10-17(18)19)9-16(13)22-15-6-4-3-5-14(15)20;1-3(5)2-4/h6-12H,13H2,1-5H3,(H,22,24);3-9H,10-11,24H2,1-2H3;2*3-10H,11,20H2,1-2H3;1-2H2/i;19-1,20-1,21-1,22-1,23-1;;;. The Kier molecular flexibility index (Phi) is 34.0. The van der Waals surface area contributed by atoms with Crippen molar-refractivity contribution in [3.8, 4) is 46.0 Å². The van der Waals surface area contributed by atoms with Crippen LogP contribution >= 0.6 is 38.5 Å². The number of benzene rings is 8. The molecule has 0 aromatic heterocycles. The highest BCUT2D eigenvalue weighted by molar-refractivity contribution is 14.1. The molecule has 0 heterocycles. The number of ether oxygens (including phenoxy) is 5. The molecule has 0 fully saturated rings. The molecule has 0 aliphatic rings. The van der Waals surface area contributed by atoms with E-state index in [9.17, 15) is 48.7 Å². The number of rotatable bonds is 22. The van der Waals surface area contributed by atoms with Gasteiger partial charge in [-0.1, -0.05) is 114 Å². The van der Waals surface area contributed by atoms with Gasteiger partial charge >= 0.3 is 18.2 Å². The van der Waals surface area contributed by atoms with E-state index in [1.165, 1.54) is 18.2 Å². The Morgan fingerprint density at radius 1 is 0.485 bits per heavy atom. The number of hydrogen-bond acceptors (Lipinski definition) is 13. The second kappa shape index (κ2) is 40.6. The third kappa shape index (κ3) is 31.3. The van der Waals surface area contributed by atoms with E-state index in [0.29, 0.717) is 93.6 Å². The highest BCUT2D eigenvalue weighted by Crippen LogP contribution is 2.41. The first-order valence-corrected chi connectivity index (χ1v) is 33.0. The maximum atomic E-state index is 13.4. The summed E-state index contributed by atoms with van der Waals surface area (Å²) in [6, 6.07) is 48.1. The van der Waals surface area contributed by atoms with E-state index in [-0.39, 0.29) is 22.5 Å². The van der Waals surface area contributed by atoms with E-state index in [0.717, 1.165) is 44.7 Å². The maximum absolute atomic E-state index is 13.4. The number of nitrogens with two attached hydrogens (primary N) is 3. The lowest BCUT2D eigenvalue weighted by Crippen LogP contribution is -2.38. The first-order valence-electron chi connectivity index (χ1n) is 30.8. The molecule has 0 radical (unpaired) electrons. The molecule has 26 heteroatoms. The Morgan fingerprint density at radius 3 is 1.16 bits per heavy atom. The number of carbonyl (C=O) groups excluding carboxylic acids is 1. The topological polar surface area (TPSA) is 166 Å². The van der Waals surface area contributed by atoms with Crippen molar-refractivity contribution in [1.29, 1.82) is 0 Å². The number of nitrogen functional groups attached to an aromatic ring is 3. The number of amides is 1. The Balaban J connectivity index is 0.000000280. The number of nitrogens with one attached hydrogen (secondary N) is 1. The van der Waals surface area contributed by atoms with E-state index in [2.05, 4.69) is 67.4 Å². The molecule has 14 nitrogen and oxygen atoms in total. The van der Waals surface area contributed by atoms with Crippen molar-refractivity contribution >= 4 is 79.5 Å². The molecular weight excluding hydrogens is 1500 g/mol. The Labute approximate surface area is 606 Å². The van der Waals surface area contributed by atoms with Crippen LogP contribution in [0.1, 0.15) is 59.7 Å². The van der Waals surface area contributed by atoms with Gasteiger partial charge in [0, 0.05) is 70.6 Å². The fraction of sp³-hybridized carbons (Fsp3) is 0.267. The Hall–Kier alpha value is -8.80. The quantitative estimate of drug-likeness (QED) is 0.0219. The zero-order chi connectivity index (χ0) is 75.4. The van der Waals surface area contributed by atoms with Crippen LogP contribution < -0.4 is 41.5 Å². The summed E-state index contributed by atoms with van der Waals surface area (Å²) in [5, 5.41) is 3.02. The van der Waals surface area contributed by atoms with E-state index in [1.807, 2.05) is 114 Å². The number of hydrogen-bond donors (Lipinski definition) is 4. The minimum Gasteiger partial charge on any atom is -0.455 e. The Bertz CT molecular complexity index is 3910. The van der Waals surface area contributed by atoms with Crippen molar-refractivity contribution in [2.45, 2.75) is 71.1 Å². The number of halogens is 12. The SMILES string of the molecule is C=C(F)CBr.CN(C)Cc1ccc(C=C(F)F)cc1Oc1ccccc1N.CN(C)Cc1ccc(C=C(F)F)cc1Oc1ccccc1N.CN(C)Cc1ccc(CC([18F])([18F])C([18F])([18F])[18F])cc1Oc1ccccc1N.CN(C)Cc1ccc(I)cc1Oc1ccccc1NC(=O)OC(C)(C)C. The van der Waals surface area contributed by atoms with Crippen molar-refractivity contribution in [1.82, 2.24) is 19.6 Å². The number of nitrogens with zero attached hydrogens (tertiary/aromatic N) is 4. The van der Waals surface area contributed by atoms with Gasteiger partial charge in [0.1, 0.15) is 51.7 Å². The zero-order valence-electron chi connectivity index (χ0n) is 57.8. The van der Waals surface area contributed by atoms with Gasteiger partial charge in [-0.25, -0.2) is 9.18 Å². The van der Waals surface area contributed by atoms with Gasteiger partial charge in [0.05, 0.1) is 28.1 Å². The highest BCUT2D eigenvalue weighted by Gasteiger charge is 2.57. The summed E-state index contributed by atoms with van der Waals surface area (Å²) in [5.74, 6) is -1.29. The molecule has 0 unspecified atom stereocenters. The molecule has 1 amide bonds. The van der Waals surface area contributed by atoms with Crippen LogP contribution in [0.3, 0.4) is 0 Å². The molecule has 0 spiro atoms. The van der Waals surface area contributed by atoms with E-state index < -0.39 is 42.4 Å². The predicted molar refractivity (Wildman–Crippen MR) is 396 cm³/mol. The summed E-state index contributed by atoms with van der Waals surface area (Å²) in [5.41, 5.74) is 23.0. The lowest BCUT2D eigenvalue weighted by Gasteiger charge is -2.21. The van der Waals surface area contributed by atoms with E-state index >= 15 is 0 Å². The lowest BCUT2D eigenvalue weighted by atomic mass is 10.0. The van der Waals surface area contributed by atoms with Crippen molar-refractivity contribution in [2.24, 2.45) is 0 Å². The van der Waals surface area contributed by atoms with E-state index in [4.69, 9.17) is 40.9 Å². The summed E-state index contributed by atoms with van der Waals surface area (Å²) in [6.07, 6.45) is -9.46. The van der Waals surface area contributed by atoms with Gasteiger partial charge in [-0.15, -0.1) is 0 Å². The normalized spacial score (nSPS) is 11.1. The third-order valence-electron chi connectivity index (χ3n) is 13.0. The number of anilines is 4. The van der Waals surface area contributed by atoms with Crippen molar-refractivity contribution in [3.05, 3.63) is 237 Å². The monoisotopic (exact) mass is 1580 g/mol. The van der Waals surface area contributed by atoms with Gasteiger partial charge in [0.15, 0.2) is 5.75 Å². The molecule has 101 heavy (non-hydrogen) atoms. The van der Waals surface area contributed by atoms with Gasteiger partial charge in [-0.3, -0.25) is 5.32 Å². The fourth-order valence-electron chi connectivity index (χ4n) is 8.70. The fourth-order valence-corrected chi connectivity index (χ4v) is 9.16. The highest BCUT2D eigenvalue weighted by atomic mass is 127.